The molecule has 0 saturated heterocycles. The van der Waals surface area contributed by atoms with Crippen molar-refractivity contribution in [3.8, 4) is 23.3 Å². The monoisotopic (exact) mass is 404 g/mol. The number of phenolic OH excluding ortho intramolecular Hbond substituents is 1. The third-order valence-electron chi connectivity index (χ3n) is 4.77. The Hall–Kier alpha value is -3.62. The Bertz CT molecular complexity index is 1150. The fraction of sp³-hybridized carbons (Fsp3) is 0.0870. The quantitative estimate of drug-likeness (QED) is 0.649. The summed E-state index contributed by atoms with van der Waals surface area (Å²) in [6, 6.07) is 21.9. The van der Waals surface area contributed by atoms with E-state index in [-0.39, 0.29) is 23.8 Å². The normalized spacial score (nSPS) is 15.2. The van der Waals surface area contributed by atoms with Crippen molar-refractivity contribution < 1.29 is 14.6 Å². The van der Waals surface area contributed by atoms with Crippen LogP contribution in [0.25, 0.3) is 0 Å². The minimum Gasteiger partial charge on any atom is -0.508 e. The van der Waals surface area contributed by atoms with Gasteiger partial charge in [0, 0.05) is 27.8 Å². The van der Waals surface area contributed by atoms with Gasteiger partial charge in [-0.2, -0.15) is 5.26 Å². The fourth-order valence-corrected chi connectivity index (χ4v) is 3.58. The summed E-state index contributed by atoms with van der Waals surface area (Å²) in [6.45, 7) is 0.281. The molecule has 0 bridgehead atoms. The number of ether oxygens (including phenoxy) is 2. The molecule has 0 amide bonds. The Balaban J connectivity index is 1.77. The van der Waals surface area contributed by atoms with Crippen LogP contribution < -0.4 is 15.2 Å². The summed E-state index contributed by atoms with van der Waals surface area (Å²) in [5, 5.41) is 20.2. The zero-order valence-electron chi connectivity index (χ0n) is 15.3. The molecule has 1 aliphatic heterocycles. The van der Waals surface area contributed by atoms with Crippen molar-refractivity contribution in [2.75, 3.05) is 0 Å². The molecular weight excluding hydrogens is 388 g/mol. The Morgan fingerprint density at radius 3 is 2.62 bits per heavy atom. The second-order valence-corrected chi connectivity index (χ2v) is 6.97. The van der Waals surface area contributed by atoms with Crippen LogP contribution in [0.4, 0.5) is 0 Å². The smallest absolute Gasteiger partial charge is 0.205 e. The average molecular weight is 405 g/mol. The third-order valence-corrected chi connectivity index (χ3v) is 5.14. The molecule has 3 aromatic rings. The van der Waals surface area contributed by atoms with Crippen molar-refractivity contribution in [3.63, 3.8) is 0 Å². The summed E-state index contributed by atoms with van der Waals surface area (Å²) in [5.74, 6) is 0.605. The van der Waals surface area contributed by atoms with E-state index in [2.05, 4.69) is 6.07 Å². The summed E-state index contributed by atoms with van der Waals surface area (Å²) in [5.41, 5.74) is 8.66. The van der Waals surface area contributed by atoms with Gasteiger partial charge in [0.2, 0.25) is 5.88 Å². The van der Waals surface area contributed by atoms with Gasteiger partial charge in [0.15, 0.2) is 0 Å². The van der Waals surface area contributed by atoms with Crippen LogP contribution in [0.2, 0.25) is 5.02 Å². The minimum atomic E-state index is -0.480. The van der Waals surface area contributed by atoms with Gasteiger partial charge >= 0.3 is 0 Å². The largest absolute Gasteiger partial charge is 0.508 e. The molecular formula is C23H17ClN2O3. The minimum absolute atomic E-state index is 0.0107. The summed E-state index contributed by atoms with van der Waals surface area (Å²) in [6.07, 6.45) is 0. The van der Waals surface area contributed by atoms with Crippen LogP contribution in [-0.4, -0.2) is 5.11 Å². The van der Waals surface area contributed by atoms with E-state index in [1.54, 1.807) is 12.1 Å². The molecule has 144 valence electrons. The van der Waals surface area contributed by atoms with Crippen LogP contribution in [0.5, 0.6) is 17.2 Å². The Labute approximate surface area is 173 Å². The van der Waals surface area contributed by atoms with Gasteiger partial charge in [-0.25, -0.2) is 0 Å². The summed E-state index contributed by atoms with van der Waals surface area (Å²) in [7, 11) is 0. The lowest BCUT2D eigenvalue weighted by Crippen LogP contribution is -2.21. The lowest BCUT2D eigenvalue weighted by molar-refractivity contribution is 0.301. The SMILES string of the molecule is N#CC1=C(N)Oc2cc(O)ccc2[C@@H]1c1ccccc1OCc1ccccc1Cl. The number of nitrogens with two attached hydrogens (primary N) is 1. The molecule has 3 aromatic carbocycles. The van der Waals surface area contributed by atoms with Crippen molar-refractivity contribution in [2.45, 2.75) is 12.5 Å². The molecule has 5 nitrogen and oxygen atoms in total. The van der Waals surface area contributed by atoms with E-state index in [0.29, 0.717) is 16.5 Å². The number of phenols is 1. The molecule has 29 heavy (non-hydrogen) atoms. The van der Waals surface area contributed by atoms with Crippen LogP contribution in [0.1, 0.15) is 22.6 Å². The highest BCUT2D eigenvalue weighted by atomic mass is 35.5. The Kier molecular flexibility index (Phi) is 5.03. The first-order valence-electron chi connectivity index (χ1n) is 8.94. The number of hydrogen-bond donors (Lipinski definition) is 2. The number of para-hydroxylation sites is 1. The topological polar surface area (TPSA) is 88.5 Å². The number of benzene rings is 3. The van der Waals surface area contributed by atoms with Gasteiger partial charge in [-0.15, -0.1) is 0 Å². The molecule has 0 aromatic heterocycles. The number of fused-ring (bicyclic) bond motifs is 1. The molecule has 1 aliphatic rings. The maximum Gasteiger partial charge on any atom is 0.205 e. The Morgan fingerprint density at radius 2 is 1.83 bits per heavy atom. The van der Waals surface area contributed by atoms with Crippen LogP contribution in [0.15, 0.2) is 78.2 Å². The maximum atomic E-state index is 9.81. The number of aromatic hydroxyl groups is 1. The maximum absolute atomic E-state index is 9.81. The predicted octanol–water partition coefficient (Wildman–Crippen LogP) is 4.84. The van der Waals surface area contributed by atoms with Gasteiger partial charge in [0.1, 0.15) is 35.5 Å². The molecule has 0 aliphatic carbocycles. The van der Waals surface area contributed by atoms with Crippen molar-refractivity contribution in [1.82, 2.24) is 0 Å². The van der Waals surface area contributed by atoms with Gasteiger partial charge in [0.25, 0.3) is 0 Å². The van der Waals surface area contributed by atoms with E-state index in [1.807, 2.05) is 48.5 Å². The molecule has 0 radical (unpaired) electrons. The second kappa shape index (κ2) is 7.78. The van der Waals surface area contributed by atoms with E-state index >= 15 is 0 Å². The van der Waals surface area contributed by atoms with Gasteiger partial charge in [-0.3, -0.25) is 0 Å². The zero-order valence-corrected chi connectivity index (χ0v) is 16.1. The average Bonchev–Trinajstić information content (AvgIpc) is 2.72. The van der Waals surface area contributed by atoms with Crippen molar-refractivity contribution >= 4 is 11.6 Å². The Morgan fingerprint density at radius 1 is 1.07 bits per heavy atom. The van der Waals surface area contributed by atoms with E-state index in [0.717, 1.165) is 16.7 Å². The lowest BCUT2D eigenvalue weighted by Gasteiger charge is -2.27. The van der Waals surface area contributed by atoms with Crippen LogP contribution in [0.3, 0.4) is 0 Å². The molecule has 0 unspecified atom stereocenters. The van der Waals surface area contributed by atoms with E-state index in [4.69, 9.17) is 26.8 Å². The highest BCUT2D eigenvalue weighted by Gasteiger charge is 2.32. The lowest BCUT2D eigenvalue weighted by atomic mass is 9.83. The molecule has 3 N–H and O–H groups in total. The number of rotatable bonds is 4. The first-order valence-corrected chi connectivity index (χ1v) is 9.32. The molecule has 4 rings (SSSR count). The molecule has 1 atom stereocenters. The summed E-state index contributed by atoms with van der Waals surface area (Å²) >= 11 is 6.24. The first-order chi connectivity index (χ1) is 14.1. The second-order valence-electron chi connectivity index (χ2n) is 6.56. The van der Waals surface area contributed by atoms with Crippen LogP contribution >= 0.6 is 11.6 Å². The van der Waals surface area contributed by atoms with Crippen LogP contribution in [-0.2, 0) is 6.61 Å². The van der Waals surface area contributed by atoms with E-state index in [1.165, 1.54) is 6.07 Å². The van der Waals surface area contributed by atoms with Gasteiger partial charge in [-0.05, 0) is 18.2 Å². The predicted molar refractivity (Wildman–Crippen MR) is 110 cm³/mol. The van der Waals surface area contributed by atoms with Crippen molar-refractivity contribution in [3.05, 3.63) is 99.9 Å². The summed E-state index contributed by atoms with van der Waals surface area (Å²) < 4.78 is 11.6. The van der Waals surface area contributed by atoms with Crippen molar-refractivity contribution in [2.24, 2.45) is 5.73 Å². The molecule has 0 fully saturated rings. The fourth-order valence-electron chi connectivity index (χ4n) is 3.39. The van der Waals surface area contributed by atoms with E-state index in [9.17, 15) is 10.4 Å². The standard InChI is InChI=1S/C23H17ClN2O3/c24-19-7-3-1-5-14(19)13-28-20-8-4-2-6-16(20)22-17-10-9-15(27)11-21(17)29-23(26)18(22)12-25/h1-11,22,27H,13,26H2/t22-/m0/s1. The van der Waals surface area contributed by atoms with Gasteiger partial charge < -0.3 is 20.3 Å². The number of allylic oxidation sites excluding steroid dienone is 1. The molecule has 6 heteroatoms. The van der Waals surface area contributed by atoms with Crippen LogP contribution in [0, 0.1) is 11.3 Å². The van der Waals surface area contributed by atoms with Crippen molar-refractivity contribution in [1.29, 1.82) is 5.26 Å². The highest BCUT2D eigenvalue weighted by molar-refractivity contribution is 6.31. The number of hydrogen-bond acceptors (Lipinski definition) is 5. The molecule has 0 saturated carbocycles. The van der Waals surface area contributed by atoms with E-state index < -0.39 is 5.92 Å². The van der Waals surface area contributed by atoms with Gasteiger partial charge in [0.05, 0.1) is 5.92 Å². The summed E-state index contributed by atoms with van der Waals surface area (Å²) in [4.78, 5) is 0. The highest BCUT2D eigenvalue weighted by Crippen LogP contribution is 2.45. The number of nitrogens with zero attached hydrogens (tertiary/aromatic N) is 1. The third kappa shape index (κ3) is 3.58. The van der Waals surface area contributed by atoms with Gasteiger partial charge in [-0.1, -0.05) is 54.1 Å². The first kappa shape index (κ1) is 18.7. The molecule has 1 heterocycles. The number of nitriles is 1. The number of halogens is 1. The molecule has 0 spiro atoms. The zero-order chi connectivity index (χ0) is 20.4.